The number of aryl methyl sites for hydroxylation is 1. The van der Waals surface area contributed by atoms with Crippen molar-refractivity contribution in [3.05, 3.63) is 68.6 Å². The van der Waals surface area contributed by atoms with Gasteiger partial charge >= 0.3 is 5.97 Å². The molecule has 0 aliphatic carbocycles. The van der Waals surface area contributed by atoms with Crippen molar-refractivity contribution in [2.24, 2.45) is 5.41 Å². The van der Waals surface area contributed by atoms with Crippen LogP contribution in [0, 0.1) is 5.41 Å². The molecule has 0 bridgehead atoms. The van der Waals surface area contributed by atoms with Crippen LogP contribution in [-0.4, -0.2) is 60.5 Å². The number of rotatable bonds is 11. The van der Waals surface area contributed by atoms with E-state index in [1.165, 1.54) is 11.3 Å². The molecule has 2 heterocycles. The first kappa shape index (κ1) is 29.8. The van der Waals surface area contributed by atoms with Gasteiger partial charge in [-0.25, -0.2) is 4.98 Å². The lowest BCUT2D eigenvalue weighted by Crippen LogP contribution is -2.45. The van der Waals surface area contributed by atoms with Crippen molar-refractivity contribution >= 4 is 40.5 Å². The van der Waals surface area contributed by atoms with E-state index < -0.39 is 23.6 Å². The second-order valence-electron chi connectivity index (χ2n) is 10.4. The first-order chi connectivity index (χ1) is 19.1. The molecule has 1 aliphatic rings. The smallest absolute Gasteiger partial charge is 0.303 e. The third-order valence-electron chi connectivity index (χ3n) is 6.69. The Bertz CT molecular complexity index is 1380. The normalized spacial score (nSPS) is 17.4. The van der Waals surface area contributed by atoms with E-state index in [0.717, 1.165) is 0 Å². The molecule has 0 unspecified atom stereocenters. The Labute approximate surface area is 242 Å². The topological polar surface area (TPSA) is 118 Å². The predicted molar refractivity (Wildman–Crippen MR) is 153 cm³/mol. The van der Waals surface area contributed by atoms with E-state index in [1.807, 2.05) is 31.4 Å². The number of aliphatic carboxylic acids is 1. The van der Waals surface area contributed by atoms with Gasteiger partial charge in [-0.2, -0.15) is 0 Å². The van der Waals surface area contributed by atoms with Crippen LogP contribution in [0.3, 0.4) is 0 Å². The number of thiazole rings is 1. The highest BCUT2D eigenvalue weighted by molar-refractivity contribution is 7.09. The number of aliphatic hydroxyl groups is 1. The first-order valence-corrected chi connectivity index (χ1v) is 14.1. The third kappa shape index (κ3) is 6.58. The zero-order chi connectivity index (χ0) is 29.0. The number of benzene rings is 2. The second-order valence-corrected chi connectivity index (χ2v) is 11.7. The summed E-state index contributed by atoms with van der Waals surface area (Å²) >= 11 is 7.83. The van der Waals surface area contributed by atoms with Crippen LogP contribution >= 0.6 is 22.9 Å². The minimum absolute atomic E-state index is 0.0279. The SMILES string of the molecule is COc1cccc([C@H]2O[C@H](Cc3nc(CCC(=O)O)cs3)C(=O)N(CC(C)(C)CO)c3ccc(Cl)cc32)c1OC. The van der Waals surface area contributed by atoms with Crippen molar-refractivity contribution < 1.29 is 34.0 Å². The highest BCUT2D eigenvalue weighted by Crippen LogP contribution is 2.45. The zero-order valence-electron chi connectivity index (χ0n) is 22.8. The summed E-state index contributed by atoms with van der Waals surface area (Å²) in [5.41, 5.74) is 2.01. The quantitative estimate of drug-likeness (QED) is 0.324. The Morgan fingerprint density at radius 1 is 1.20 bits per heavy atom. The van der Waals surface area contributed by atoms with Gasteiger partial charge in [0.2, 0.25) is 0 Å². The summed E-state index contributed by atoms with van der Waals surface area (Å²) in [7, 11) is 3.10. The summed E-state index contributed by atoms with van der Waals surface area (Å²) in [5.74, 6) is -0.191. The standard InChI is InChI=1S/C29H33ClN2O7S/c1-29(2,16-33)15-32-21-10-8-17(30)12-20(21)26(19-6-5-7-22(37-3)27(19)38-4)39-23(28(32)36)13-24-31-18(14-40-24)9-11-25(34)35/h5-8,10,12,14,23,26,33H,9,11,13,15-16H2,1-4H3,(H,34,35)/t23-,26-/m1/s1. The number of amides is 1. The van der Waals surface area contributed by atoms with Gasteiger partial charge in [0.25, 0.3) is 5.91 Å². The van der Waals surface area contributed by atoms with Crippen LogP contribution in [0.1, 0.15) is 48.2 Å². The molecule has 0 radical (unpaired) electrons. The van der Waals surface area contributed by atoms with Crippen LogP contribution in [0.15, 0.2) is 41.8 Å². The summed E-state index contributed by atoms with van der Waals surface area (Å²) in [6.45, 7) is 3.88. The summed E-state index contributed by atoms with van der Waals surface area (Å²) in [5, 5.41) is 22.0. The van der Waals surface area contributed by atoms with Gasteiger partial charge in [0, 0.05) is 58.6 Å². The summed E-state index contributed by atoms with van der Waals surface area (Å²) < 4.78 is 17.9. The molecule has 0 saturated carbocycles. The van der Waals surface area contributed by atoms with E-state index in [9.17, 15) is 14.7 Å². The van der Waals surface area contributed by atoms with Crippen LogP contribution in [0.5, 0.6) is 11.5 Å². The third-order valence-corrected chi connectivity index (χ3v) is 7.84. The number of anilines is 1. The van der Waals surface area contributed by atoms with Crippen molar-refractivity contribution in [1.82, 2.24) is 4.98 Å². The second kappa shape index (κ2) is 12.6. The van der Waals surface area contributed by atoms with Crippen molar-refractivity contribution in [3.63, 3.8) is 0 Å². The molecule has 0 spiro atoms. The maximum atomic E-state index is 14.2. The molecule has 0 fully saturated rings. The number of carbonyl (C=O) groups is 2. The number of hydrogen-bond acceptors (Lipinski definition) is 8. The highest BCUT2D eigenvalue weighted by atomic mass is 35.5. The van der Waals surface area contributed by atoms with Gasteiger partial charge in [0.05, 0.1) is 31.3 Å². The van der Waals surface area contributed by atoms with Crippen LogP contribution in [0.2, 0.25) is 5.02 Å². The van der Waals surface area contributed by atoms with Gasteiger partial charge < -0.3 is 29.3 Å². The molecule has 1 aromatic heterocycles. The maximum Gasteiger partial charge on any atom is 0.303 e. The number of carboxylic acids is 1. The monoisotopic (exact) mass is 588 g/mol. The highest BCUT2D eigenvalue weighted by Gasteiger charge is 2.40. The minimum Gasteiger partial charge on any atom is -0.493 e. The number of fused-ring (bicyclic) bond motifs is 1. The number of ether oxygens (including phenoxy) is 3. The molecule has 40 heavy (non-hydrogen) atoms. The fourth-order valence-electron chi connectivity index (χ4n) is 4.66. The number of aliphatic hydroxyl groups excluding tert-OH is 1. The summed E-state index contributed by atoms with van der Waals surface area (Å²) in [6.07, 6.45) is -1.24. The number of carboxylic acid groups (broad SMARTS) is 1. The maximum absolute atomic E-state index is 14.2. The first-order valence-electron chi connectivity index (χ1n) is 12.8. The van der Waals surface area contributed by atoms with Gasteiger partial charge in [-0.3, -0.25) is 9.59 Å². The van der Waals surface area contributed by atoms with Gasteiger partial charge in [-0.05, 0) is 24.3 Å². The van der Waals surface area contributed by atoms with E-state index >= 15 is 0 Å². The molecule has 4 rings (SSSR count). The molecule has 214 valence electrons. The molecular weight excluding hydrogens is 556 g/mol. The molecule has 3 aromatic rings. The number of halogens is 1. The molecule has 2 N–H and O–H groups in total. The van der Waals surface area contributed by atoms with Crippen LogP contribution in [0.25, 0.3) is 0 Å². The Hall–Kier alpha value is -3.18. The summed E-state index contributed by atoms with van der Waals surface area (Å²) in [6, 6.07) is 10.8. The number of nitrogens with zero attached hydrogens (tertiary/aromatic N) is 2. The average Bonchev–Trinajstić information content (AvgIpc) is 3.35. The zero-order valence-corrected chi connectivity index (χ0v) is 24.4. The largest absolute Gasteiger partial charge is 0.493 e. The van der Waals surface area contributed by atoms with Gasteiger partial charge in [0.1, 0.15) is 12.2 Å². The number of hydrogen-bond donors (Lipinski definition) is 2. The van der Waals surface area contributed by atoms with E-state index in [0.29, 0.717) is 50.5 Å². The molecular formula is C29H33ClN2O7S. The molecule has 0 saturated heterocycles. The number of para-hydroxylation sites is 1. The molecule has 1 aliphatic heterocycles. The van der Waals surface area contributed by atoms with E-state index in [1.54, 1.807) is 43.4 Å². The molecule has 11 heteroatoms. The van der Waals surface area contributed by atoms with Crippen LogP contribution < -0.4 is 14.4 Å². The van der Waals surface area contributed by atoms with Crippen LogP contribution in [0.4, 0.5) is 5.69 Å². The van der Waals surface area contributed by atoms with Crippen molar-refractivity contribution in [3.8, 4) is 11.5 Å². The van der Waals surface area contributed by atoms with Gasteiger partial charge in [0.15, 0.2) is 11.5 Å². The number of aromatic nitrogens is 1. The van der Waals surface area contributed by atoms with Gasteiger partial charge in [-0.15, -0.1) is 11.3 Å². The van der Waals surface area contributed by atoms with Crippen LogP contribution in [-0.2, 0) is 27.2 Å². The van der Waals surface area contributed by atoms with E-state index in [2.05, 4.69) is 4.98 Å². The minimum atomic E-state index is -0.944. The lowest BCUT2D eigenvalue weighted by molar-refractivity contribution is -0.137. The average molecular weight is 589 g/mol. The molecule has 9 nitrogen and oxygen atoms in total. The Morgan fingerprint density at radius 2 is 1.98 bits per heavy atom. The van der Waals surface area contributed by atoms with E-state index in [-0.39, 0.29) is 31.9 Å². The number of carbonyl (C=O) groups excluding carboxylic acids is 1. The lowest BCUT2D eigenvalue weighted by Gasteiger charge is -2.32. The van der Waals surface area contributed by atoms with E-state index in [4.69, 9.17) is 30.9 Å². The molecule has 2 aromatic carbocycles. The Kier molecular flexibility index (Phi) is 9.35. The Balaban J connectivity index is 1.83. The lowest BCUT2D eigenvalue weighted by atomic mass is 9.92. The predicted octanol–water partition coefficient (Wildman–Crippen LogP) is 4.91. The molecule has 1 amide bonds. The molecule has 2 atom stereocenters. The van der Waals surface area contributed by atoms with Crippen molar-refractivity contribution in [1.29, 1.82) is 0 Å². The summed E-state index contributed by atoms with van der Waals surface area (Å²) in [4.78, 5) is 31.4. The van der Waals surface area contributed by atoms with Gasteiger partial charge in [-0.1, -0.05) is 37.6 Å². The number of methoxy groups -OCH3 is 2. The van der Waals surface area contributed by atoms with Crippen molar-refractivity contribution in [2.45, 2.75) is 45.3 Å². The van der Waals surface area contributed by atoms with Crippen molar-refractivity contribution in [2.75, 3.05) is 32.3 Å². The Morgan fingerprint density at radius 3 is 2.65 bits per heavy atom. The fraction of sp³-hybridized carbons (Fsp3) is 0.414. The fourth-order valence-corrected chi connectivity index (χ4v) is 5.70.